The van der Waals surface area contributed by atoms with Crippen LogP contribution in [0, 0.1) is 0 Å². The Balaban J connectivity index is 1.48. The van der Waals surface area contributed by atoms with Crippen molar-refractivity contribution >= 4 is 39.2 Å². The van der Waals surface area contributed by atoms with Crippen molar-refractivity contribution in [3.8, 4) is 0 Å². The molecule has 4 nitrogen and oxygen atoms in total. The first-order chi connectivity index (χ1) is 12.7. The summed E-state index contributed by atoms with van der Waals surface area (Å²) in [5, 5.41) is 0. The molecule has 26 heavy (non-hydrogen) atoms. The Hall–Kier alpha value is -1.79. The molecule has 1 fully saturated rings. The second-order valence-electron chi connectivity index (χ2n) is 6.73. The highest BCUT2D eigenvalue weighted by Crippen LogP contribution is 2.33. The molecule has 1 aliphatic heterocycles. The second kappa shape index (κ2) is 7.84. The number of rotatable bonds is 4. The minimum absolute atomic E-state index is 0.195. The molecule has 0 unspecified atom stereocenters. The minimum Gasteiger partial charge on any atom is -0.353 e. The number of carbonyl (C=O) groups is 1. The lowest BCUT2D eigenvalue weighted by Gasteiger charge is -2.30. The van der Waals surface area contributed by atoms with Crippen LogP contribution in [0.3, 0.4) is 0 Å². The van der Waals surface area contributed by atoms with Crippen molar-refractivity contribution in [2.75, 3.05) is 12.3 Å². The first kappa shape index (κ1) is 17.6. The van der Waals surface area contributed by atoms with E-state index in [2.05, 4.69) is 45.9 Å². The summed E-state index contributed by atoms with van der Waals surface area (Å²) < 4.78 is 4.31. The predicted octanol–water partition coefficient (Wildman–Crippen LogP) is 4.87. The van der Waals surface area contributed by atoms with Crippen molar-refractivity contribution < 1.29 is 4.79 Å². The topological polar surface area (TPSA) is 38.1 Å². The zero-order valence-electron chi connectivity index (χ0n) is 14.9. The molecule has 3 aromatic rings. The molecule has 0 bridgehead atoms. The van der Waals surface area contributed by atoms with Crippen LogP contribution >= 0.6 is 23.1 Å². The van der Waals surface area contributed by atoms with Gasteiger partial charge in [-0.25, -0.2) is 4.98 Å². The Morgan fingerprint density at radius 3 is 2.92 bits per heavy atom. The molecular formula is C20H23N3OS2. The van der Waals surface area contributed by atoms with Crippen LogP contribution in [-0.4, -0.2) is 32.7 Å². The number of thioether (sulfide) groups is 1. The van der Waals surface area contributed by atoms with E-state index < -0.39 is 0 Å². The summed E-state index contributed by atoms with van der Waals surface area (Å²) in [7, 11) is 2.07. The highest BCUT2D eigenvalue weighted by Gasteiger charge is 2.28. The van der Waals surface area contributed by atoms with Crippen LogP contribution in [-0.2, 0) is 11.8 Å². The molecular weight excluding hydrogens is 362 g/mol. The maximum absolute atomic E-state index is 13.0. The van der Waals surface area contributed by atoms with E-state index in [1.165, 1.54) is 23.2 Å². The number of hydrogen-bond acceptors (Lipinski definition) is 4. The van der Waals surface area contributed by atoms with Crippen LogP contribution < -0.4 is 0 Å². The molecule has 1 saturated heterocycles. The standard InChI is InChI=1S/C20H23N3OS2/c1-22-12-7-10-16(22)17-9-3-2-6-13-23(17)19(24)14-25-20-21-15-8-4-5-11-18(15)26-20/h4-5,7-8,10-12,17H,2-3,6,9,13-14H2,1H3/t17-/m0/s1. The molecule has 1 aromatic carbocycles. The van der Waals surface area contributed by atoms with Gasteiger partial charge in [0.2, 0.25) is 5.91 Å². The molecule has 0 saturated carbocycles. The van der Waals surface area contributed by atoms with E-state index in [4.69, 9.17) is 0 Å². The monoisotopic (exact) mass is 385 g/mol. The summed E-state index contributed by atoms with van der Waals surface area (Å²) in [5.41, 5.74) is 2.26. The third-order valence-corrected chi connectivity index (χ3v) is 7.16. The number of aryl methyl sites for hydroxylation is 1. The van der Waals surface area contributed by atoms with Crippen molar-refractivity contribution in [3.63, 3.8) is 0 Å². The summed E-state index contributed by atoms with van der Waals surface area (Å²) in [6.07, 6.45) is 6.60. The fraction of sp³-hybridized carbons (Fsp3) is 0.400. The van der Waals surface area contributed by atoms with E-state index in [0.717, 1.165) is 29.2 Å². The molecule has 3 heterocycles. The van der Waals surface area contributed by atoms with Crippen molar-refractivity contribution in [2.24, 2.45) is 7.05 Å². The van der Waals surface area contributed by atoms with Gasteiger partial charge < -0.3 is 9.47 Å². The number of para-hydroxylation sites is 1. The summed E-state index contributed by atoms with van der Waals surface area (Å²) in [5.74, 6) is 0.683. The zero-order valence-corrected chi connectivity index (χ0v) is 16.6. The normalized spacial score (nSPS) is 18.2. The highest BCUT2D eigenvalue weighted by atomic mass is 32.2. The number of fused-ring (bicyclic) bond motifs is 1. The van der Waals surface area contributed by atoms with Gasteiger partial charge >= 0.3 is 0 Å². The maximum Gasteiger partial charge on any atom is 0.233 e. The molecule has 0 aliphatic carbocycles. The van der Waals surface area contributed by atoms with Gasteiger partial charge in [-0.1, -0.05) is 36.7 Å². The lowest BCUT2D eigenvalue weighted by atomic mass is 10.1. The average Bonchev–Trinajstić information content (AvgIpc) is 3.18. The fourth-order valence-corrected chi connectivity index (χ4v) is 5.61. The van der Waals surface area contributed by atoms with E-state index in [1.807, 2.05) is 18.2 Å². The fourth-order valence-electron chi connectivity index (χ4n) is 3.65. The minimum atomic E-state index is 0.195. The predicted molar refractivity (Wildman–Crippen MR) is 109 cm³/mol. The smallest absolute Gasteiger partial charge is 0.233 e. The Labute approximate surface area is 162 Å². The van der Waals surface area contributed by atoms with Crippen LogP contribution in [0.15, 0.2) is 46.9 Å². The van der Waals surface area contributed by atoms with E-state index in [-0.39, 0.29) is 11.9 Å². The van der Waals surface area contributed by atoms with Crippen LogP contribution in [0.5, 0.6) is 0 Å². The van der Waals surface area contributed by atoms with Gasteiger partial charge in [-0.3, -0.25) is 4.79 Å². The van der Waals surface area contributed by atoms with Crippen molar-refractivity contribution in [3.05, 3.63) is 48.3 Å². The maximum atomic E-state index is 13.0. The molecule has 6 heteroatoms. The van der Waals surface area contributed by atoms with Crippen LogP contribution in [0.2, 0.25) is 0 Å². The second-order valence-corrected chi connectivity index (χ2v) is 8.99. The molecule has 1 atom stereocenters. The Morgan fingerprint density at radius 1 is 1.23 bits per heavy atom. The van der Waals surface area contributed by atoms with Crippen molar-refractivity contribution in [1.82, 2.24) is 14.5 Å². The summed E-state index contributed by atoms with van der Waals surface area (Å²) in [6.45, 7) is 0.856. The highest BCUT2D eigenvalue weighted by molar-refractivity contribution is 8.01. The van der Waals surface area contributed by atoms with Gasteiger partial charge in [-0.15, -0.1) is 11.3 Å². The number of nitrogens with zero attached hydrogens (tertiary/aromatic N) is 3. The first-order valence-corrected chi connectivity index (χ1v) is 10.9. The Bertz CT molecular complexity index is 868. The molecule has 4 rings (SSSR count). The molecule has 2 aromatic heterocycles. The van der Waals surface area contributed by atoms with Crippen molar-refractivity contribution in [2.45, 2.75) is 36.1 Å². The number of thiazole rings is 1. The van der Waals surface area contributed by atoms with Crippen LogP contribution in [0.1, 0.15) is 37.4 Å². The molecule has 1 aliphatic rings. The largest absolute Gasteiger partial charge is 0.353 e. The number of likely N-dealkylation sites (tertiary alicyclic amines) is 1. The lowest BCUT2D eigenvalue weighted by molar-refractivity contribution is -0.130. The van der Waals surface area contributed by atoms with Gasteiger partial charge in [0.25, 0.3) is 0 Å². The Morgan fingerprint density at radius 2 is 2.12 bits per heavy atom. The summed E-state index contributed by atoms with van der Waals surface area (Å²) in [4.78, 5) is 19.8. The SMILES string of the molecule is Cn1cccc1[C@@H]1CCCCCN1C(=O)CSc1nc2ccccc2s1. The van der Waals surface area contributed by atoms with Gasteiger partial charge in [0.05, 0.1) is 22.0 Å². The number of carbonyl (C=O) groups excluding carboxylic acids is 1. The summed E-state index contributed by atoms with van der Waals surface area (Å²) >= 11 is 3.24. The van der Waals surface area contributed by atoms with Crippen LogP contribution in [0.4, 0.5) is 0 Å². The quantitative estimate of drug-likeness (QED) is 0.601. The lowest BCUT2D eigenvalue weighted by Crippen LogP contribution is -2.36. The molecule has 136 valence electrons. The van der Waals surface area contributed by atoms with E-state index in [0.29, 0.717) is 5.75 Å². The number of aromatic nitrogens is 2. The third-order valence-electron chi connectivity index (χ3n) is 4.99. The van der Waals surface area contributed by atoms with Crippen LogP contribution in [0.25, 0.3) is 10.2 Å². The van der Waals surface area contributed by atoms with Gasteiger partial charge in [0.15, 0.2) is 4.34 Å². The van der Waals surface area contributed by atoms with Gasteiger partial charge in [0, 0.05) is 25.5 Å². The number of benzene rings is 1. The van der Waals surface area contributed by atoms with Crippen molar-refractivity contribution in [1.29, 1.82) is 0 Å². The number of hydrogen-bond donors (Lipinski definition) is 0. The zero-order chi connectivity index (χ0) is 17.9. The number of amides is 1. The summed E-state index contributed by atoms with van der Waals surface area (Å²) in [6, 6.07) is 12.6. The average molecular weight is 386 g/mol. The van der Waals surface area contributed by atoms with E-state index >= 15 is 0 Å². The van der Waals surface area contributed by atoms with Gasteiger partial charge in [0.1, 0.15) is 0 Å². The molecule has 1 amide bonds. The molecule has 0 spiro atoms. The van der Waals surface area contributed by atoms with E-state index in [1.54, 1.807) is 23.1 Å². The molecule has 0 radical (unpaired) electrons. The molecule has 0 N–H and O–H groups in total. The first-order valence-electron chi connectivity index (χ1n) is 9.11. The Kier molecular flexibility index (Phi) is 5.31. The van der Waals surface area contributed by atoms with Gasteiger partial charge in [-0.2, -0.15) is 0 Å². The van der Waals surface area contributed by atoms with Gasteiger partial charge in [-0.05, 0) is 37.1 Å². The third kappa shape index (κ3) is 3.67. The van der Waals surface area contributed by atoms with E-state index in [9.17, 15) is 4.79 Å².